The normalized spacial score (nSPS) is 14.3. The lowest BCUT2D eigenvalue weighted by atomic mass is 9.94. The molecular weight excluding hydrogens is 384 g/mol. The van der Waals surface area contributed by atoms with Crippen molar-refractivity contribution < 1.29 is 13.2 Å². The molecule has 0 fully saturated rings. The molecule has 0 radical (unpaired) electrons. The first kappa shape index (κ1) is 21.8. The Hall–Kier alpha value is -1.45. The predicted molar refractivity (Wildman–Crippen MR) is 115 cm³/mol. The molecule has 0 aliphatic carbocycles. The molecule has 4 N–H and O–H groups in total. The van der Waals surface area contributed by atoms with Crippen LogP contribution in [0.15, 0.2) is 0 Å². The zero-order valence-corrected chi connectivity index (χ0v) is 18.5. The average Bonchev–Trinajstić information content (AvgIpc) is 2.95. The molecule has 0 spiro atoms. The fourth-order valence-corrected chi connectivity index (χ4v) is 4.24. The Morgan fingerprint density at radius 1 is 1.22 bits per heavy atom. The highest BCUT2D eigenvalue weighted by molar-refractivity contribution is 7.98. The van der Waals surface area contributed by atoms with Crippen molar-refractivity contribution >= 4 is 44.9 Å². The number of rotatable bonds is 6. The Labute approximate surface area is 166 Å². The maximum Gasteiger partial charge on any atom is 0.296 e. The molecule has 27 heavy (non-hydrogen) atoms. The Kier molecular flexibility index (Phi) is 6.38. The van der Waals surface area contributed by atoms with Crippen LogP contribution in [0.25, 0.3) is 0 Å². The maximum atomic E-state index is 12.7. The number of hydrogen-bond donors (Lipinski definition) is 3. The van der Waals surface area contributed by atoms with E-state index in [1.807, 2.05) is 34.6 Å². The summed E-state index contributed by atoms with van der Waals surface area (Å²) in [6.07, 6.45) is 2.86. The molecule has 1 aliphatic rings. The smallest absolute Gasteiger partial charge is 0.296 e. The van der Waals surface area contributed by atoms with E-state index in [4.69, 9.17) is 5.14 Å². The monoisotopic (exact) mass is 414 g/mol. The van der Waals surface area contributed by atoms with Gasteiger partial charge in [-0.15, -0.1) is 0 Å². The third kappa shape index (κ3) is 4.89. The summed E-state index contributed by atoms with van der Waals surface area (Å²) in [5.41, 5.74) is 4.13. The molecule has 0 bridgehead atoms. The molecule has 0 saturated carbocycles. The van der Waals surface area contributed by atoms with Crippen molar-refractivity contribution in [3.63, 3.8) is 0 Å². The number of thioether (sulfide) groups is 1. The number of hydrogen-bond acceptors (Lipinski definition) is 5. The summed E-state index contributed by atoms with van der Waals surface area (Å²) in [6, 6.07) is 0. The minimum Gasteiger partial charge on any atom is -0.368 e. The molecular formula is C18H30N4O3S2. The van der Waals surface area contributed by atoms with Crippen LogP contribution in [0.4, 0.5) is 17.1 Å². The molecule has 1 aromatic rings. The van der Waals surface area contributed by atoms with E-state index < -0.39 is 15.6 Å². The zero-order valence-electron chi connectivity index (χ0n) is 16.9. The van der Waals surface area contributed by atoms with Crippen LogP contribution in [0.1, 0.15) is 37.5 Å². The number of amides is 1. The van der Waals surface area contributed by atoms with Gasteiger partial charge in [0.25, 0.3) is 10.2 Å². The van der Waals surface area contributed by atoms with Gasteiger partial charge < -0.3 is 10.2 Å². The second-order valence-corrected chi connectivity index (χ2v) is 10.2. The van der Waals surface area contributed by atoms with E-state index in [0.29, 0.717) is 16.9 Å². The Morgan fingerprint density at radius 2 is 1.85 bits per heavy atom. The first-order valence-corrected chi connectivity index (χ1v) is 11.8. The van der Waals surface area contributed by atoms with Crippen molar-refractivity contribution in [2.75, 3.05) is 40.0 Å². The number of nitrogens with two attached hydrogens (primary N) is 1. The Balaban J connectivity index is 2.64. The summed E-state index contributed by atoms with van der Waals surface area (Å²) < 4.78 is 25.8. The molecule has 2 rings (SSSR count). The van der Waals surface area contributed by atoms with Gasteiger partial charge in [-0.25, -0.2) is 5.14 Å². The third-order valence-electron chi connectivity index (χ3n) is 4.78. The second-order valence-electron chi connectivity index (χ2n) is 7.91. The highest BCUT2D eigenvalue weighted by atomic mass is 32.2. The van der Waals surface area contributed by atoms with Crippen molar-refractivity contribution in [3.05, 3.63) is 16.7 Å². The van der Waals surface area contributed by atoms with Gasteiger partial charge in [0.1, 0.15) is 0 Å². The van der Waals surface area contributed by atoms with Crippen molar-refractivity contribution in [2.45, 2.75) is 41.0 Å². The topological polar surface area (TPSA) is 105 Å². The minimum absolute atomic E-state index is 0.116. The lowest BCUT2D eigenvalue weighted by Crippen LogP contribution is -2.30. The van der Waals surface area contributed by atoms with E-state index in [-0.39, 0.29) is 5.91 Å². The third-order valence-corrected chi connectivity index (χ3v) is 5.86. The van der Waals surface area contributed by atoms with E-state index in [2.05, 4.69) is 21.2 Å². The van der Waals surface area contributed by atoms with Crippen LogP contribution in [-0.2, 0) is 21.4 Å². The maximum absolute atomic E-state index is 12.7. The van der Waals surface area contributed by atoms with Crippen LogP contribution >= 0.6 is 11.8 Å². The van der Waals surface area contributed by atoms with Crippen LogP contribution in [0, 0.1) is 19.3 Å². The number of anilines is 3. The highest BCUT2D eigenvalue weighted by Crippen LogP contribution is 2.45. The van der Waals surface area contributed by atoms with Gasteiger partial charge in [0.05, 0.1) is 17.1 Å². The lowest BCUT2D eigenvalue weighted by Gasteiger charge is -2.28. The fourth-order valence-electron chi connectivity index (χ4n) is 3.25. The molecule has 1 aliphatic heterocycles. The number of benzene rings is 1. The van der Waals surface area contributed by atoms with Crippen molar-refractivity contribution in [3.8, 4) is 0 Å². The molecule has 9 heteroatoms. The second kappa shape index (κ2) is 7.89. The van der Waals surface area contributed by atoms with Crippen LogP contribution in [0.2, 0.25) is 0 Å². The molecule has 0 unspecified atom stereocenters. The van der Waals surface area contributed by atoms with E-state index in [9.17, 15) is 13.2 Å². The number of nitrogens with zero attached hydrogens (tertiary/aromatic N) is 1. The van der Waals surface area contributed by atoms with Gasteiger partial charge in [0.2, 0.25) is 5.91 Å². The summed E-state index contributed by atoms with van der Waals surface area (Å²) in [6.45, 7) is 11.0. The SMILES string of the molecule is CSCCN1CCc2c(C)c(NS(N)(=O)=O)c(C)c(NC(=O)C(C)(C)C)c21. The van der Waals surface area contributed by atoms with Gasteiger partial charge in [-0.1, -0.05) is 20.8 Å². The molecule has 152 valence electrons. The predicted octanol–water partition coefficient (Wildman–Crippen LogP) is 2.63. The van der Waals surface area contributed by atoms with E-state index in [0.717, 1.165) is 42.1 Å². The largest absolute Gasteiger partial charge is 0.368 e. The van der Waals surface area contributed by atoms with Gasteiger partial charge in [-0.2, -0.15) is 20.2 Å². The highest BCUT2D eigenvalue weighted by Gasteiger charge is 2.31. The first-order chi connectivity index (χ1) is 12.4. The van der Waals surface area contributed by atoms with Crippen molar-refractivity contribution in [1.29, 1.82) is 0 Å². The van der Waals surface area contributed by atoms with E-state index >= 15 is 0 Å². The first-order valence-electron chi connectivity index (χ1n) is 8.88. The number of fused-ring (bicyclic) bond motifs is 1. The van der Waals surface area contributed by atoms with Gasteiger partial charge in [-0.3, -0.25) is 9.52 Å². The van der Waals surface area contributed by atoms with Crippen LogP contribution < -0.4 is 20.1 Å². The van der Waals surface area contributed by atoms with Crippen LogP contribution in [0.5, 0.6) is 0 Å². The lowest BCUT2D eigenvalue weighted by molar-refractivity contribution is -0.123. The summed E-state index contributed by atoms with van der Waals surface area (Å²) in [5, 5.41) is 8.27. The van der Waals surface area contributed by atoms with Gasteiger partial charge in [-0.05, 0) is 43.2 Å². The average molecular weight is 415 g/mol. The van der Waals surface area contributed by atoms with Crippen molar-refractivity contribution in [1.82, 2.24) is 0 Å². The summed E-state index contributed by atoms with van der Waals surface area (Å²) in [4.78, 5) is 15.0. The number of nitrogens with one attached hydrogen (secondary N) is 2. The van der Waals surface area contributed by atoms with Gasteiger partial charge >= 0.3 is 0 Å². The summed E-state index contributed by atoms with van der Waals surface area (Å²) in [5.74, 6) is 0.858. The molecule has 1 amide bonds. The molecule has 0 atom stereocenters. The summed E-state index contributed by atoms with van der Waals surface area (Å²) >= 11 is 1.77. The Morgan fingerprint density at radius 3 is 2.37 bits per heavy atom. The molecule has 0 aromatic heterocycles. The summed E-state index contributed by atoms with van der Waals surface area (Å²) in [7, 11) is -3.92. The standard InChI is InChI=1S/C18H30N4O3S2/c1-11-13-7-8-22(9-10-26-6)16(13)15(20-17(23)18(3,4)5)12(2)14(11)21-27(19,24)25/h21H,7-10H2,1-6H3,(H,20,23)(H2,19,24,25). The molecule has 1 heterocycles. The van der Waals surface area contributed by atoms with Gasteiger partial charge in [0.15, 0.2) is 0 Å². The molecule has 0 saturated heterocycles. The zero-order chi connectivity index (χ0) is 20.6. The molecule has 7 nitrogen and oxygen atoms in total. The molecule has 1 aromatic carbocycles. The fraction of sp³-hybridized carbons (Fsp3) is 0.611. The van der Waals surface area contributed by atoms with Gasteiger partial charge in [0, 0.05) is 24.3 Å². The quantitative estimate of drug-likeness (QED) is 0.664. The van der Waals surface area contributed by atoms with Crippen LogP contribution in [0.3, 0.4) is 0 Å². The number of carbonyl (C=O) groups excluding carboxylic acids is 1. The van der Waals surface area contributed by atoms with Crippen molar-refractivity contribution in [2.24, 2.45) is 10.6 Å². The van der Waals surface area contributed by atoms with E-state index in [1.54, 1.807) is 11.8 Å². The minimum atomic E-state index is -3.92. The Bertz CT molecular complexity index is 845. The van der Waals surface area contributed by atoms with E-state index in [1.165, 1.54) is 0 Å². The number of carbonyl (C=O) groups is 1. The van der Waals surface area contributed by atoms with Crippen LogP contribution in [-0.4, -0.2) is 39.4 Å².